The van der Waals surface area contributed by atoms with E-state index in [1.54, 1.807) is 6.20 Å². The van der Waals surface area contributed by atoms with Crippen molar-refractivity contribution in [3.8, 4) is 0 Å². The molecule has 0 spiro atoms. The van der Waals surface area contributed by atoms with Gasteiger partial charge in [0, 0.05) is 29.6 Å². The predicted molar refractivity (Wildman–Crippen MR) is 66.0 cm³/mol. The Labute approximate surface area is 103 Å². The van der Waals surface area contributed by atoms with Crippen molar-refractivity contribution in [2.45, 2.75) is 13.1 Å². The molecule has 2 heterocycles. The Bertz CT molecular complexity index is 467. The highest BCUT2D eigenvalue weighted by atomic mass is 79.9. The summed E-state index contributed by atoms with van der Waals surface area (Å²) in [5.41, 5.74) is 2.20. The molecular weight excluding hydrogens is 268 g/mol. The van der Waals surface area contributed by atoms with Gasteiger partial charge < -0.3 is 9.88 Å². The molecule has 2 aromatic heterocycles. The van der Waals surface area contributed by atoms with Crippen LogP contribution in [-0.2, 0) is 13.1 Å². The second-order valence-corrected chi connectivity index (χ2v) is 4.49. The van der Waals surface area contributed by atoms with Gasteiger partial charge in [0.05, 0.1) is 18.6 Å². The topological polar surface area (TPSA) is 42.7 Å². The molecule has 0 bridgehead atoms. The van der Waals surface area contributed by atoms with Gasteiger partial charge in [0.1, 0.15) is 0 Å². The average Bonchev–Trinajstić information content (AvgIpc) is 2.66. The zero-order valence-electron chi connectivity index (χ0n) is 9.02. The minimum Gasteiger partial charge on any atom is -0.333 e. The first-order valence-electron chi connectivity index (χ1n) is 5.02. The standard InChI is InChI=1S/C11H13BrN4/c1-13-5-11-7-16(8-15-11)6-9-2-10(12)4-14-3-9/h2-4,7-8,13H,5-6H2,1H3. The van der Waals surface area contributed by atoms with E-state index in [0.29, 0.717) is 0 Å². The van der Waals surface area contributed by atoms with Gasteiger partial charge in [-0.3, -0.25) is 4.98 Å². The summed E-state index contributed by atoms with van der Waals surface area (Å²) in [6.45, 7) is 1.59. The highest BCUT2D eigenvalue weighted by Gasteiger charge is 1.99. The second-order valence-electron chi connectivity index (χ2n) is 3.58. The largest absolute Gasteiger partial charge is 0.333 e. The summed E-state index contributed by atoms with van der Waals surface area (Å²) in [7, 11) is 1.91. The zero-order valence-corrected chi connectivity index (χ0v) is 10.6. The molecule has 0 radical (unpaired) electrons. The number of rotatable bonds is 4. The molecule has 0 aromatic carbocycles. The third kappa shape index (κ3) is 2.90. The van der Waals surface area contributed by atoms with E-state index in [1.165, 1.54) is 0 Å². The van der Waals surface area contributed by atoms with Crippen LogP contribution >= 0.6 is 15.9 Å². The van der Waals surface area contributed by atoms with Gasteiger partial charge in [0.2, 0.25) is 0 Å². The molecule has 0 aliphatic rings. The molecule has 1 N–H and O–H groups in total. The smallest absolute Gasteiger partial charge is 0.0953 e. The van der Waals surface area contributed by atoms with E-state index in [0.717, 1.165) is 28.8 Å². The van der Waals surface area contributed by atoms with Crippen LogP contribution < -0.4 is 5.32 Å². The van der Waals surface area contributed by atoms with Gasteiger partial charge >= 0.3 is 0 Å². The zero-order chi connectivity index (χ0) is 11.4. The van der Waals surface area contributed by atoms with Crippen molar-refractivity contribution >= 4 is 15.9 Å². The SMILES string of the molecule is CNCc1cn(Cc2cncc(Br)c2)cn1. The summed E-state index contributed by atoms with van der Waals surface area (Å²) in [6, 6.07) is 2.06. The monoisotopic (exact) mass is 280 g/mol. The minimum atomic E-state index is 0.795. The molecule has 0 aliphatic heterocycles. The first-order chi connectivity index (χ1) is 7.78. The van der Waals surface area contributed by atoms with Crippen molar-refractivity contribution in [2.75, 3.05) is 7.05 Å². The fraction of sp³-hybridized carbons (Fsp3) is 0.273. The number of nitrogens with one attached hydrogen (secondary N) is 1. The molecule has 0 aliphatic carbocycles. The Kier molecular flexibility index (Phi) is 3.69. The molecule has 0 fully saturated rings. The van der Waals surface area contributed by atoms with Crippen LogP contribution in [0.5, 0.6) is 0 Å². The summed E-state index contributed by atoms with van der Waals surface area (Å²) in [5.74, 6) is 0. The molecule has 84 valence electrons. The molecule has 0 atom stereocenters. The van der Waals surface area contributed by atoms with E-state index in [1.807, 2.05) is 25.8 Å². The number of nitrogens with zero attached hydrogens (tertiary/aromatic N) is 3. The Morgan fingerprint density at radius 1 is 1.44 bits per heavy atom. The van der Waals surface area contributed by atoms with E-state index in [-0.39, 0.29) is 0 Å². The van der Waals surface area contributed by atoms with Gasteiger partial charge in [0.15, 0.2) is 0 Å². The normalized spacial score (nSPS) is 10.6. The van der Waals surface area contributed by atoms with Gasteiger partial charge in [0.25, 0.3) is 0 Å². The summed E-state index contributed by atoms with van der Waals surface area (Å²) in [5, 5.41) is 3.07. The Balaban J connectivity index is 2.08. The third-order valence-corrected chi connectivity index (χ3v) is 2.60. The minimum absolute atomic E-state index is 0.795. The van der Waals surface area contributed by atoms with Crippen LogP contribution in [0.4, 0.5) is 0 Å². The average molecular weight is 281 g/mol. The summed E-state index contributed by atoms with van der Waals surface area (Å²) in [4.78, 5) is 8.42. The Morgan fingerprint density at radius 2 is 2.31 bits per heavy atom. The molecular formula is C11H13BrN4. The highest BCUT2D eigenvalue weighted by Crippen LogP contribution is 2.11. The van der Waals surface area contributed by atoms with Crippen molar-refractivity contribution in [2.24, 2.45) is 0 Å². The fourth-order valence-corrected chi connectivity index (χ4v) is 1.93. The van der Waals surface area contributed by atoms with Crippen LogP contribution in [-0.4, -0.2) is 21.6 Å². The number of halogens is 1. The lowest BCUT2D eigenvalue weighted by Gasteiger charge is -2.02. The lowest BCUT2D eigenvalue weighted by Crippen LogP contribution is -2.05. The lowest BCUT2D eigenvalue weighted by molar-refractivity contribution is 0.779. The second kappa shape index (κ2) is 5.23. The molecule has 0 saturated carbocycles. The number of hydrogen-bond acceptors (Lipinski definition) is 3. The molecule has 2 aromatic rings. The van der Waals surface area contributed by atoms with Gasteiger partial charge in [-0.25, -0.2) is 4.98 Å². The summed E-state index contributed by atoms with van der Waals surface area (Å²) >= 11 is 3.41. The van der Waals surface area contributed by atoms with Crippen LogP contribution in [0.25, 0.3) is 0 Å². The van der Waals surface area contributed by atoms with Gasteiger partial charge in [-0.2, -0.15) is 0 Å². The number of pyridine rings is 1. The highest BCUT2D eigenvalue weighted by molar-refractivity contribution is 9.10. The van der Waals surface area contributed by atoms with Gasteiger partial charge in [-0.15, -0.1) is 0 Å². The quantitative estimate of drug-likeness (QED) is 0.929. The van der Waals surface area contributed by atoms with Crippen molar-refractivity contribution in [1.82, 2.24) is 19.9 Å². The van der Waals surface area contributed by atoms with Gasteiger partial charge in [-0.05, 0) is 34.6 Å². The van der Waals surface area contributed by atoms with Crippen molar-refractivity contribution in [3.05, 3.63) is 46.7 Å². The maximum Gasteiger partial charge on any atom is 0.0953 e. The first kappa shape index (κ1) is 11.3. The molecule has 0 unspecified atom stereocenters. The maximum atomic E-state index is 4.29. The fourth-order valence-electron chi connectivity index (χ4n) is 1.52. The van der Waals surface area contributed by atoms with E-state index in [9.17, 15) is 0 Å². The first-order valence-corrected chi connectivity index (χ1v) is 5.82. The van der Waals surface area contributed by atoms with Crippen LogP contribution in [0.15, 0.2) is 35.5 Å². The maximum absolute atomic E-state index is 4.29. The molecule has 16 heavy (non-hydrogen) atoms. The van der Waals surface area contributed by atoms with Crippen molar-refractivity contribution in [3.63, 3.8) is 0 Å². The van der Waals surface area contributed by atoms with Crippen LogP contribution in [0.2, 0.25) is 0 Å². The Hall–Kier alpha value is -1.20. The molecule has 5 heteroatoms. The van der Waals surface area contributed by atoms with Crippen LogP contribution in [0.3, 0.4) is 0 Å². The predicted octanol–water partition coefficient (Wildman–Crippen LogP) is 1.81. The van der Waals surface area contributed by atoms with Crippen molar-refractivity contribution in [1.29, 1.82) is 0 Å². The molecule has 0 saturated heterocycles. The van der Waals surface area contributed by atoms with E-state index >= 15 is 0 Å². The van der Waals surface area contributed by atoms with E-state index in [4.69, 9.17) is 0 Å². The van der Waals surface area contributed by atoms with E-state index in [2.05, 4.69) is 41.8 Å². The van der Waals surface area contributed by atoms with Crippen molar-refractivity contribution < 1.29 is 0 Å². The van der Waals surface area contributed by atoms with Gasteiger partial charge in [-0.1, -0.05) is 0 Å². The molecule has 4 nitrogen and oxygen atoms in total. The third-order valence-electron chi connectivity index (χ3n) is 2.17. The number of hydrogen-bond donors (Lipinski definition) is 1. The number of imidazole rings is 1. The molecule has 0 amide bonds. The lowest BCUT2D eigenvalue weighted by atomic mass is 10.3. The Morgan fingerprint density at radius 3 is 3.06 bits per heavy atom. The summed E-state index contributed by atoms with van der Waals surface area (Å²) < 4.78 is 3.05. The molecule has 2 rings (SSSR count). The number of aromatic nitrogens is 3. The van der Waals surface area contributed by atoms with E-state index < -0.39 is 0 Å². The van der Waals surface area contributed by atoms with Crippen LogP contribution in [0.1, 0.15) is 11.3 Å². The summed E-state index contributed by atoms with van der Waals surface area (Å²) in [6.07, 6.45) is 7.53. The van der Waals surface area contributed by atoms with Crippen LogP contribution in [0, 0.1) is 0 Å².